The summed E-state index contributed by atoms with van der Waals surface area (Å²) in [5.41, 5.74) is 1.73. The molecule has 8 heteroatoms. The van der Waals surface area contributed by atoms with E-state index < -0.39 is 18.3 Å². The lowest BCUT2D eigenvalue weighted by Gasteiger charge is -2.32. The second kappa shape index (κ2) is 6.66. The van der Waals surface area contributed by atoms with E-state index in [2.05, 4.69) is 10.1 Å². The molecule has 26 heavy (non-hydrogen) atoms. The molecule has 1 saturated carbocycles. The zero-order chi connectivity index (χ0) is 19.1. The van der Waals surface area contributed by atoms with Crippen molar-refractivity contribution in [2.45, 2.75) is 57.7 Å². The Labute approximate surface area is 154 Å². The molecule has 0 bridgehead atoms. The summed E-state index contributed by atoms with van der Waals surface area (Å²) in [6.45, 7) is 8.12. The first kappa shape index (κ1) is 18.9. The maximum absolute atomic E-state index is 10.9. The maximum atomic E-state index is 10.9. The average molecular weight is 359 g/mol. The predicted octanol–water partition coefficient (Wildman–Crippen LogP) is 1.65. The fourth-order valence-electron chi connectivity index (χ4n) is 2.85. The summed E-state index contributed by atoms with van der Waals surface area (Å²) in [6.07, 6.45) is 4.58. The molecule has 1 aliphatic carbocycles. The van der Waals surface area contributed by atoms with Crippen LogP contribution in [0.3, 0.4) is 0 Å². The second-order valence-corrected chi connectivity index (χ2v) is 7.85. The van der Waals surface area contributed by atoms with Gasteiger partial charge in [0.25, 0.3) is 0 Å². The van der Waals surface area contributed by atoms with Crippen LogP contribution < -0.4 is 5.46 Å². The molecule has 0 unspecified atom stereocenters. The monoisotopic (exact) mass is 359 g/mol. The Morgan fingerprint density at radius 3 is 2.46 bits per heavy atom. The molecule has 1 amide bonds. The number of aromatic nitrogens is 1. The van der Waals surface area contributed by atoms with Gasteiger partial charge in [-0.3, -0.25) is 9.78 Å². The molecule has 0 spiro atoms. The number of nitrogens with zero attached hydrogens (tertiary/aromatic N) is 3. The van der Waals surface area contributed by atoms with Crippen molar-refractivity contribution in [3.63, 3.8) is 0 Å². The highest BCUT2D eigenvalue weighted by molar-refractivity contribution is 6.62. The molecule has 3 rings (SSSR count). The van der Waals surface area contributed by atoms with Gasteiger partial charge < -0.3 is 14.0 Å². The molecule has 0 aromatic carbocycles. The standard InChI is InChI=1S/C18H26BN3O4/c1-17(2)18(3,4)26-19(25-17)14-9-13(10-20-15(14)12-7-8-12)16(24-6)21-22(5)11-23/h9-12H,7-8H2,1-6H3/b21-16-. The van der Waals surface area contributed by atoms with Crippen LogP contribution in [-0.4, -0.2) is 54.8 Å². The highest BCUT2D eigenvalue weighted by atomic mass is 16.7. The first-order valence-corrected chi connectivity index (χ1v) is 8.85. The summed E-state index contributed by atoms with van der Waals surface area (Å²) < 4.78 is 17.8. The Kier molecular flexibility index (Phi) is 4.83. The van der Waals surface area contributed by atoms with E-state index in [1.807, 2.05) is 33.8 Å². The number of amides is 1. The van der Waals surface area contributed by atoms with E-state index in [0.717, 1.165) is 29.0 Å². The highest BCUT2D eigenvalue weighted by Gasteiger charge is 2.53. The minimum absolute atomic E-state index is 0.312. The summed E-state index contributed by atoms with van der Waals surface area (Å²) in [7, 11) is 2.57. The molecule has 2 fully saturated rings. The zero-order valence-electron chi connectivity index (χ0n) is 16.3. The van der Waals surface area contributed by atoms with E-state index in [1.54, 1.807) is 13.2 Å². The summed E-state index contributed by atoms with van der Waals surface area (Å²) in [6, 6.07) is 1.95. The molecule has 0 N–H and O–H groups in total. The van der Waals surface area contributed by atoms with Crippen molar-refractivity contribution in [1.82, 2.24) is 9.99 Å². The summed E-state index contributed by atoms with van der Waals surface area (Å²) in [5, 5.41) is 5.29. The normalized spacial score (nSPS) is 21.6. The minimum Gasteiger partial charge on any atom is -0.480 e. The Morgan fingerprint density at radius 2 is 1.96 bits per heavy atom. The lowest BCUT2D eigenvalue weighted by Crippen LogP contribution is -2.41. The Bertz CT molecular complexity index is 715. The van der Waals surface area contributed by atoms with Gasteiger partial charge in [-0.25, -0.2) is 5.01 Å². The highest BCUT2D eigenvalue weighted by Crippen LogP contribution is 2.41. The molecule has 1 aromatic heterocycles. The van der Waals surface area contributed by atoms with Crippen LogP contribution in [0.25, 0.3) is 0 Å². The molecule has 1 aliphatic heterocycles. The fourth-order valence-corrected chi connectivity index (χ4v) is 2.85. The van der Waals surface area contributed by atoms with Gasteiger partial charge in [-0.15, -0.1) is 5.10 Å². The summed E-state index contributed by atoms with van der Waals surface area (Å²) in [5.74, 6) is 0.755. The first-order chi connectivity index (χ1) is 12.2. The largest absolute Gasteiger partial charge is 0.496 e. The number of hydrogen-bond acceptors (Lipinski definition) is 6. The Balaban J connectivity index is 2.01. The fraction of sp³-hybridized carbons (Fsp3) is 0.611. The predicted molar refractivity (Wildman–Crippen MR) is 99.3 cm³/mol. The molecule has 140 valence electrons. The molecular weight excluding hydrogens is 333 g/mol. The lowest BCUT2D eigenvalue weighted by molar-refractivity contribution is -0.117. The van der Waals surface area contributed by atoms with Crippen molar-refractivity contribution in [2.75, 3.05) is 14.2 Å². The van der Waals surface area contributed by atoms with Crippen LogP contribution in [0.5, 0.6) is 0 Å². The molecule has 0 atom stereocenters. The van der Waals surface area contributed by atoms with Crippen LogP contribution in [-0.2, 0) is 18.8 Å². The minimum atomic E-state index is -0.495. The van der Waals surface area contributed by atoms with Crippen molar-refractivity contribution < 1.29 is 18.8 Å². The van der Waals surface area contributed by atoms with Crippen molar-refractivity contribution in [1.29, 1.82) is 0 Å². The third-order valence-corrected chi connectivity index (χ3v) is 5.26. The van der Waals surface area contributed by atoms with Crippen LogP contribution in [0.4, 0.5) is 0 Å². The van der Waals surface area contributed by atoms with E-state index in [0.29, 0.717) is 23.8 Å². The van der Waals surface area contributed by atoms with Gasteiger partial charge in [0.05, 0.1) is 23.9 Å². The van der Waals surface area contributed by atoms with Gasteiger partial charge >= 0.3 is 7.12 Å². The van der Waals surface area contributed by atoms with Gasteiger partial charge in [-0.05, 0) is 46.6 Å². The number of methoxy groups -OCH3 is 1. The SMILES string of the molecule is CO/C(=N\N(C)C=O)c1cnc(C2CC2)c(B2OC(C)(C)C(C)(C)O2)c1. The third-order valence-electron chi connectivity index (χ3n) is 5.26. The van der Waals surface area contributed by atoms with Crippen LogP contribution in [0.1, 0.15) is 57.7 Å². The topological polar surface area (TPSA) is 73.2 Å². The van der Waals surface area contributed by atoms with Crippen LogP contribution in [0, 0.1) is 0 Å². The molecule has 2 aliphatic rings. The van der Waals surface area contributed by atoms with E-state index in [-0.39, 0.29) is 0 Å². The Morgan fingerprint density at radius 1 is 1.35 bits per heavy atom. The van der Waals surface area contributed by atoms with Crippen LogP contribution in [0.2, 0.25) is 0 Å². The molecule has 1 aromatic rings. The molecular formula is C18H26BN3O4. The Hall–Kier alpha value is -1.93. The van der Waals surface area contributed by atoms with Crippen LogP contribution in [0.15, 0.2) is 17.4 Å². The third kappa shape index (κ3) is 3.48. The summed E-state index contributed by atoms with van der Waals surface area (Å²) >= 11 is 0. The van der Waals surface area contributed by atoms with Gasteiger partial charge in [0.1, 0.15) is 0 Å². The van der Waals surface area contributed by atoms with Crippen molar-refractivity contribution in [3.05, 3.63) is 23.5 Å². The smallest absolute Gasteiger partial charge is 0.480 e. The van der Waals surface area contributed by atoms with Gasteiger partial charge in [-0.1, -0.05) is 0 Å². The second-order valence-electron chi connectivity index (χ2n) is 7.85. The van der Waals surface area contributed by atoms with Gasteiger partial charge in [-0.2, -0.15) is 0 Å². The molecule has 2 heterocycles. The van der Waals surface area contributed by atoms with Crippen molar-refractivity contribution in [2.24, 2.45) is 5.10 Å². The number of pyridine rings is 1. The number of hydrazone groups is 1. The number of hydrogen-bond donors (Lipinski definition) is 0. The molecule has 1 saturated heterocycles. The van der Waals surface area contributed by atoms with Crippen molar-refractivity contribution in [3.8, 4) is 0 Å². The number of ether oxygens (including phenoxy) is 1. The van der Waals surface area contributed by atoms with E-state index >= 15 is 0 Å². The van der Waals surface area contributed by atoms with Gasteiger partial charge in [0.15, 0.2) is 0 Å². The van der Waals surface area contributed by atoms with Gasteiger partial charge in [0.2, 0.25) is 12.3 Å². The van der Waals surface area contributed by atoms with Crippen LogP contribution >= 0.6 is 0 Å². The zero-order valence-corrected chi connectivity index (χ0v) is 16.3. The number of rotatable bonds is 5. The van der Waals surface area contributed by atoms with E-state index in [1.165, 1.54) is 7.11 Å². The lowest BCUT2D eigenvalue weighted by atomic mass is 9.76. The van der Waals surface area contributed by atoms with Gasteiger partial charge in [0, 0.05) is 30.3 Å². The van der Waals surface area contributed by atoms with E-state index in [9.17, 15) is 4.79 Å². The first-order valence-electron chi connectivity index (χ1n) is 8.85. The summed E-state index contributed by atoms with van der Waals surface area (Å²) in [4.78, 5) is 15.5. The van der Waals surface area contributed by atoms with E-state index in [4.69, 9.17) is 14.0 Å². The maximum Gasteiger partial charge on any atom is 0.496 e. The number of carbonyl (C=O) groups excluding carboxylic acids is 1. The quantitative estimate of drug-likeness (QED) is 0.263. The number of carbonyl (C=O) groups is 1. The van der Waals surface area contributed by atoms with Crippen molar-refractivity contribution >= 4 is 24.9 Å². The molecule has 0 radical (unpaired) electrons. The average Bonchev–Trinajstić information content (AvgIpc) is 3.39. The molecule has 7 nitrogen and oxygen atoms in total.